The molecule has 3 atom stereocenters. The molecule has 1 aliphatic carbocycles. The molecule has 94 valence electrons. The zero-order valence-electron chi connectivity index (χ0n) is 10.6. The highest BCUT2D eigenvalue weighted by Crippen LogP contribution is 2.44. The van der Waals surface area contributed by atoms with Crippen LogP contribution in [0.5, 0.6) is 11.5 Å². The van der Waals surface area contributed by atoms with Crippen LogP contribution in [0.1, 0.15) is 31.2 Å². The van der Waals surface area contributed by atoms with E-state index in [2.05, 4.69) is 35.0 Å². The van der Waals surface area contributed by atoms with Crippen LogP contribution < -0.4 is 9.47 Å². The molecule has 0 heterocycles. The van der Waals surface area contributed by atoms with Gasteiger partial charge >= 0.3 is 0 Å². The van der Waals surface area contributed by atoms with E-state index in [0.717, 1.165) is 11.5 Å². The van der Waals surface area contributed by atoms with E-state index in [4.69, 9.17) is 9.47 Å². The minimum absolute atomic E-state index is 0.624. The van der Waals surface area contributed by atoms with Crippen molar-refractivity contribution in [2.45, 2.75) is 30.5 Å². The fourth-order valence-corrected chi connectivity index (χ4v) is 3.30. The van der Waals surface area contributed by atoms with E-state index in [1.54, 1.807) is 14.2 Å². The summed E-state index contributed by atoms with van der Waals surface area (Å²) in [6.07, 6.45) is 2.49. The van der Waals surface area contributed by atoms with Gasteiger partial charge in [0.1, 0.15) is 0 Å². The van der Waals surface area contributed by atoms with Crippen LogP contribution in [0.4, 0.5) is 0 Å². The van der Waals surface area contributed by atoms with Gasteiger partial charge in [0.05, 0.1) is 14.2 Å². The van der Waals surface area contributed by atoms with Gasteiger partial charge in [0.2, 0.25) is 0 Å². The first-order chi connectivity index (χ1) is 8.17. The topological polar surface area (TPSA) is 18.5 Å². The second kappa shape index (κ2) is 5.30. The summed E-state index contributed by atoms with van der Waals surface area (Å²) < 4.78 is 10.6. The Morgan fingerprint density at radius 2 is 1.82 bits per heavy atom. The fraction of sp³-hybridized carbons (Fsp3) is 0.571. The van der Waals surface area contributed by atoms with E-state index in [0.29, 0.717) is 16.7 Å². The number of benzene rings is 1. The van der Waals surface area contributed by atoms with Crippen molar-refractivity contribution in [2.24, 2.45) is 5.92 Å². The van der Waals surface area contributed by atoms with Crippen LogP contribution in [0.15, 0.2) is 18.2 Å². The van der Waals surface area contributed by atoms with Crippen LogP contribution in [0.25, 0.3) is 0 Å². The van der Waals surface area contributed by atoms with Gasteiger partial charge in [0.25, 0.3) is 0 Å². The Balaban J connectivity index is 2.27. The van der Waals surface area contributed by atoms with E-state index in [1.807, 2.05) is 6.07 Å². The number of alkyl halides is 1. The molecule has 3 heteroatoms. The first-order valence-corrected chi connectivity index (χ1v) is 6.95. The molecule has 2 nitrogen and oxygen atoms in total. The lowest BCUT2D eigenvalue weighted by Crippen LogP contribution is -2.09. The molecule has 0 radical (unpaired) electrons. The molecule has 3 unspecified atom stereocenters. The van der Waals surface area contributed by atoms with Crippen molar-refractivity contribution in [3.63, 3.8) is 0 Å². The molecule has 1 aliphatic rings. The Labute approximate surface area is 111 Å². The van der Waals surface area contributed by atoms with Gasteiger partial charge in [-0.05, 0) is 42.4 Å². The molecular formula is C14H19BrO2. The largest absolute Gasteiger partial charge is 0.493 e. The second-order valence-electron chi connectivity index (χ2n) is 4.67. The Kier molecular flexibility index (Phi) is 3.97. The summed E-state index contributed by atoms with van der Waals surface area (Å²) in [6, 6.07) is 6.28. The number of hydrogen-bond donors (Lipinski definition) is 0. The maximum absolute atomic E-state index is 5.36. The predicted molar refractivity (Wildman–Crippen MR) is 73.4 cm³/mol. The molecule has 17 heavy (non-hydrogen) atoms. The van der Waals surface area contributed by atoms with E-state index in [1.165, 1.54) is 18.4 Å². The van der Waals surface area contributed by atoms with Crippen LogP contribution in [-0.2, 0) is 0 Å². The number of ether oxygens (including phenoxy) is 2. The third kappa shape index (κ3) is 2.44. The van der Waals surface area contributed by atoms with Gasteiger partial charge in [-0.1, -0.05) is 28.9 Å². The molecule has 1 saturated carbocycles. The lowest BCUT2D eigenvalue weighted by atomic mass is 9.90. The van der Waals surface area contributed by atoms with Crippen molar-refractivity contribution >= 4 is 15.9 Å². The molecular weight excluding hydrogens is 280 g/mol. The van der Waals surface area contributed by atoms with Gasteiger partial charge < -0.3 is 9.47 Å². The molecule has 1 fully saturated rings. The average molecular weight is 299 g/mol. The molecule has 0 aromatic heterocycles. The summed E-state index contributed by atoms with van der Waals surface area (Å²) >= 11 is 3.75. The van der Waals surface area contributed by atoms with E-state index >= 15 is 0 Å². The van der Waals surface area contributed by atoms with E-state index in [9.17, 15) is 0 Å². The number of hydrogen-bond acceptors (Lipinski definition) is 2. The molecule has 0 N–H and O–H groups in total. The summed E-state index contributed by atoms with van der Waals surface area (Å²) in [7, 11) is 3.36. The Bertz CT molecular complexity index is 392. The summed E-state index contributed by atoms with van der Waals surface area (Å²) in [5.74, 6) is 2.93. The highest BCUT2D eigenvalue weighted by Gasteiger charge is 2.32. The molecule has 1 aromatic carbocycles. The standard InChI is InChI=1S/C14H19BrO2/c1-9-11(5-6-12(9)15)10-4-7-13(16-2)14(8-10)17-3/h4,7-9,11-12H,5-6H2,1-3H3. The quantitative estimate of drug-likeness (QED) is 0.786. The van der Waals surface area contributed by atoms with E-state index in [-0.39, 0.29) is 0 Å². The highest BCUT2D eigenvalue weighted by molar-refractivity contribution is 9.09. The Hall–Kier alpha value is -0.700. The first kappa shape index (κ1) is 12.7. The second-order valence-corrected chi connectivity index (χ2v) is 5.85. The molecule has 0 bridgehead atoms. The van der Waals surface area contributed by atoms with Crippen molar-refractivity contribution in [3.05, 3.63) is 23.8 Å². The number of rotatable bonds is 3. The molecule has 2 rings (SSSR count). The Morgan fingerprint density at radius 3 is 2.35 bits per heavy atom. The minimum Gasteiger partial charge on any atom is -0.493 e. The summed E-state index contributed by atoms with van der Waals surface area (Å²) in [5, 5.41) is 0. The summed E-state index contributed by atoms with van der Waals surface area (Å²) in [5.41, 5.74) is 1.36. The number of methoxy groups -OCH3 is 2. The van der Waals surface area contributed by atoms with Crippen molar-refractivity contribution in [2.75, 3.05) is 14.2 Å². The van der Waals surface area contributed by atoms with Crippen molar-refractivity contribution in [3.8, 4) is 11.5 Å². The SMILES string of the molecule is COc1ccc(C2CCC(Br)C2C)cc1OC. The van der Waals surface area contributed by atoms with Crippen molar-refractivity contribution in [1.29, 1.82) is 0 Å². The Morgan fingerprint density at radius 1 is 1.12 bits per heavy atom. The highest BCUT2D eigenvalue weighted by atomic mass is 79.9. The fourth-order valence-electron chi connectivity index (χ4n) is 2.67. The molecule has 0 amide bonds. The van der Waals surface area contributed by atoms with Crippen LogP contribution >= 0.6 is 15.9 Å². The third-order valence-corrected chi connectivity index (χ3v) is 5.09. The summed E-state index contributed by atoms with van der Waals surface area (Å²) in [4.78, 5) is 0.639. The molecule has 0 saturated heterocycles. The van der Waals surface area contributed by atoms with Gasteiger partial charge in [-0.15, -0.1) is 0 Å². The van der Waals surface area contributed by atoms with Gasteiger partial charge in [-0.2, -0.15) is 0 Å². The molecule has 0 spiro atoms. The van der Waals surface area contributed by atoms with Gasteiger partial charge in [0.15, 0.2) is 11.5 Å². The zero-order chi connectivity index (χ0) is 12.4. The average Bonchev–Trinajstić information content (AvgIpc) is 2.69. The third-order valence-electron chi connectivity index (χ3n) is 3.79. The zero-order valence-corrected chi connectivity index (χ0v) is 12.2. The monoisotopic (exact) mass is 298 g/mol. The first-order valence-electron chi connectivity index (χ1n) is 6.03. The van der Waals surface area contributed by atoms with Crippen LogP contribution in [0.3, 0.4) is 0 Å². The van der Waals surface area contributed by atoms with Gasteiger partial charge in [-0.3, -0.25) is 0 Å². The van der Waals surface area contributed by atoms with Gasteiger partial charge in [-0.25, -0.2) is 0 Å². The van der Waals surface area contributed by atoms with Gasteiger partial charge in [0, 0.05) is 4.83 Å². The lowest BCUT2D eigenvalue weighted by molar-refractivity contribution is 0.354. The van der Waals surface area contributed by atoms with Crippen LogP contribution in [0, 0.1) is 5.92 Å². The van der Waals surface area contributed by atoms with Crippen LogP contribution in [-0.4, -0.2) is 19.0 Å². The minimum atomic E-state index is 0.624. The van der Waals surface area contributed by atoms with Crippen LogP contribution in [0.2, 0.25) is 0 Å². The van der Waals surface area contributed by atoms with Crippen molar-refractivity contribution in [1.82, 2.24) is 0 Å². The molecule has 0 aliphatic heterocycles. The van der Waals surface area contributed by atoms with E-state index < -0.39 is 0 Å². The number of halogens is 1. The van der Waals surface area contributed by atoms with Crippen molar-refractivity contribution < 1.29 is 9.47 Å². The lowest BCUT2D eigenvalue weighted by Gasteiger charge is -2.19. The summed E-state index contributed by atoms with van der Waals surface area (Å²) in [6.45, 7) is 2.31. The predicted octanol–water partition coefficient (Wildman–Crippen LogP) is 3.98. The maximum Gasteiger partial charge on any atom is 0.160 e. The maximum atomic E-state index is 5.36. The molecule has 1 aromatic rings. The normalized spacial score (nSPS) is 28.1. The smallest absolute Gasteiger partial charge is 0.160 e.